The van der Waals surface area contributed by atoms with Crippen molar-refractivity contribution in [2.45, 2.75) is 114 Å². The standard InChI is InChI=1S/C31H48O6/c1-4-7-11-23-13-9-15-25(18-23)20-30(36,17-6-3)29(35)31(37,28(34)27(33)22-32)21-26-16-10-14-24(19-26)12-8-5-2/h9-10,13-16,18-19,27-29,32-37H,4-8,11-12,17,20-22H2,1-3H3/t27-,28+,29+,30?,31+/m0/s1. The third-order valence-corrected chi connectivity index (χ3v) is 7.35. The molecule has 1 unspecified atom stereocenters. The molecule has 0 aliphatic carbocycles. The van der Waals surface area contributed by atoms with Gasteiger partial charge in [-0.1, -0.05) is 88.6 Å². The summed E-state index contributed by atoms with van der Waals surface area (Å²) >= 11 is 0. The van der Waals surface area contributed by atoms with Crippen LogP contribution in [0.15, 0.2) is 48.5 Å². The summed E-state index contributed by atoms with van der Waals surface area (Å²) in [6.07, 6.45) is 1.16. The Balaban J connectivity index is 2.45. The number of hydrogen-bond acceptors (Lipinski definition) is 6. The zero-order valence-corrected chi connectivity index (χ0v) is 22.8. The molecule has 2 aromatic rings. The molecule has 0 bridgehead atoms. The molecule has 0 aliphatic rings. The SMILES string of the molecule is CCCCc1cccc(CC(O)(CCC)[C@@H](O)[C@@](O)(Cc2cccc(CCCC)c2)[C@H](O)[C@@H](O)CO)c1. The molecule has 5 atom stereocenters. The van der Waals surface area contributed by atoms with Gasteiger partial charge < -0.3 is 30.6 Å². The zero-order valence-electron chi connectivity index (χ0n) is 22.8. The highest BCUT2D eigenvalue weighted by Crippen LogP contribution is 2.35. The first-order valence-corrected chi connectivity index (χ1v) is 13.9. The fraction of sp³-hybridized carbons (Fsp3) is 0.613. The van der Waals surface area contributed by atoms with Gasteiger partial charge in [0, 0.05) is 12.8 Å². The third kappa shape index (κ3) is 8.60. The Morgan fingerprint density at radius 3 is 1.65 bits per heavy atom. The molecule has 0 radical (unpaired) electrons. The van der Waals surface area contributed by atoms with E-state index < -0.39 is 36.1 Å². The number of aryl methyl sites for hydroxylation is 2. The number of benzene rings is 2. The Labute approximate surface area is 222 Å². The van der Waals surface area contributed by atoms with Gasteiger partial charge in [0.25, 0.3) is 0 Å². The first-order valence-electron chi connectivity index (χ1n) is 13.9. The lowest BCUT2D eigenvalue weighted by Gasteiger charge is -2.46. The summed E-state index contributed by atoms with van der Waals surface area (Å²) in [5, 5.41) is 66.1. The van der Waals surface area contributed by atoms with Crippen molar-refractivity contribution in [1.82, 2.24) is 0 Å². The van der Waals surface area contributed by atoms with Crippen molar-refractivity contribution >= 4 is 0 Å². The highest BCUT2D eigenvalue weighted by molar-refractivity contribution is 5.28. The average molecular weight is 517 g/mol. The van der Waals surface area contributed by atoms with Crippen LogP contribution in [-0.2, 0) is 25.7 Å². The normalized spacial score (nSPS) is 17.5. The highest BCUT2D eigenvalue weighted by atomic mass is 16.4. The predicted octanol–water partition coefficient (Wildman–Crippen LogP) is 3.49. The molecule has 6 heteroatoms. The van der Waals surface area contributed by atoms with Gasteiger partial charge in [-0.3, -0.25) is 0 Å². The van der Waals surface area contributed by atoms with Gasteiger partial charge in [-0.2, -0.15) is 0 Å². The first kappa shape index (κ1) is 31.4. The van der Waals surface area contributed by atoms with Crippen molar-refractivity contribution in [2.75, 3.05) is 6.61 Å². The van der Waals surface area contributed by atoms with Crippen LogP contribution in [0.1, 0.15) is 81.5 Å². The molecule has 0 saturated carbocycles. The molecule has 0 heterocycles. The summed E-state index contributed by atoms with van der Waals surface area (Å²) in [7, 11) is 0. The molecule has 0 amide bonds. The minimum absolute atomic E-state index is 0.0722. The van der Waals surface area contributed by atoms with Crippen LogP contribution < -0.4 is 0 Å². The number of aliphatic hydroxyl groups is 6. The van der Waals surface area contributed by atoms with E-state index in [9.17, 15) is 30.6 Å². The van der Waals surface area contributed by atoms with Gasteiger partial charge in [0.05, 0.1) is 12.2 Å². The molecule has 2 aromatic carbocycles. The first-order chi connectivity index (χ1) is 17.6. The van der Waals surface area contributed by atoms with E-state index in [1.54, 1.807) is 6.07 Å². The van der Waals surface area contributed by atoms with Crippen molar-refractivity contribution in [3.63, 3.8) is 0 Å². The van der Waals surface area contributed by atoms with E-state index in [1.807, 2.05) is 49.4 Å². The predicted molar refractivity (Wildman–Crippen MR) is 147 cm³/mol. The molecule has 2 rings (SSSR count). The summed E-state index contributed by atoms with van der Waals surface area (Å²) in [6, 6.07) is 15.4. The number of unbranched alkanes of at least 4 members (excludes halogenated alkanes) is 2. The molecule has 0 aliphatic heterocycles. The molecule has 0 aromatic heterocycles. The minimum atomic E-state index is -2.31. The Morgan fingerprint density at radius 2 is 1.19 bits per heavy atom. The fourth-order valence-corrected chi connectivity index (χ4v) is 5.25. The van der Waals surface area contributed by atoms with Crippen LogP contribution in [0.3, 0.4) is 0 Å². The van der Waals surface area contributed by atoms with Crippen LogP contribution in [0, 0.1) is 0 Å². The van der Waals surface area contributed by atoms with Crippen LogP contribution in [-0.4, -0.2) is 66.8 Å². The Morgan fingerprint density at radius 1 is 0.703 bits per heavy atom. The van der Waals surface area contributed by atoms with Gasteiger partial charge >= 0.3 is 0 Å². The number of hydrogen-bond donors (Lipinski definition) is 6. The van der Waals surface area contributed by atoms with E-state index in [4.69, 9.17) is 0 Å². The van der Waals surface area contributed by atoms with Crippen molar-refractivity contribution in [2.24, 2.45) is 0 Å². The van der Waals surface area contributed by atoms with Gasteiger partial charge in [-0.15, -0.1) is 0 Å². The fourth-order valence-electron chi connectivity index (χ4n) is 5.25. The van der Waals surface area contributed by atoms with Gasteiger partial charge in [0.1, 0.15) is 23.9 Å². The molecule has 6 nitrogen and oxygen atoms in total. The average Bonchev–Trinajstić information content (AvgIpc) is 2.89. The highest BCUT2D eigenvalue weighted by Gasteiger charge is 2.54. The van der Waals surface area contributed by atoms with Crippen LogP contribution >= 0.6 is 0 Å². The van der Waals surface area contributed by atoms with E-state index in [-0.39, 0.29) is 19.3 Å². The maximum atomic E-state index is 11.9. The topological polar surface area (TPSA) is 121 Å². The lowest BCUT2D eigenvalue weighted by atomic mass is 9.71. The third-order valence-electron chi connectivity index (χ3n) is 7.35. The van der Waals surface area contributed by atoms with Crippen molar-refractivity contribution in [3.05, 3.63) is 70.8 Å². The molecule has 0 saturated heterocycles. The Bertz CT molecular complexity index is 933. The summed E-state index contributed by atoms with van der Waals surface area (Å²) < 4.78 is 0. The summed E-state index contributed by atoms with van der Waals surface area (Å²) in [5.41, 5.74) is -0.383. The lowest BCUT2D eigenvalue weighted by molar-refractivity contribution is -0.230. The van der Waals surface area contributed by atoms with E-state index in [0.29, 0.717) is 12.0 Å². The van der Waals surface area contributed by atoms with E-state index in [2.05, 4.69) is 13.8 Å². The largest absolute Gasteiger partial charge is 0.394 e. The van der Waals surface area contributed by atoms with E-state index in [0.717, 1.165) is 55.2 Å². The minimum Gasteiger partial charge on any atom is -0.394 e. The maximum absolute atomic E-state index is 11.9. The monoisotopic (exact) mass is 516 g/mol. The van der Waals surface area contributed by atoms with E-state index >= 15 is 0 Å². The van der Waals surface area contributed by atoms with Gasteiger partial charge in [-0.05, 0) is 54.4 Å². The molecule has 6 N–H and O–H groups in total. The second-order valence-corrected chi connectivity index (χ2v) is 10.6. The lowest BCUT2D eigenvalue weighted by Crippen LogP contribution is -2.66. The molecule has 37 heavy (non-hydrogen) atoms. The molecule has 0 spiro atoms. The number of rotatable bonds is 17. The zero-order chi connectivity index (χ0) is 27.5. The smallest absolute Gasteiger partial charge is 0.126 e. The van der Waals surface area contributed by atoms with Gasteiger partial charge in [0.15, 0.2) is 0 Å². The molecular weight excluding hydrogens is 468 g/mol. The van der Waals surface area contributed by atoms with Crippen molar-refractivity contribution < 1.29 is 30.6 Å². The summed E-state index contributed by atoms with van der Waals surface area (Å²) in [6.45, 7) is 5.33. The Hall–Kier alpha value is -1.80. The van der Waals surface area contributed by atoms with E-state index in [1.165, 1.54) is 0 Å². The molecule has 208 valence electrons. The van der Waals surface area contributed by atoms with Crippen LogP contribution in [0.4, 0.5) is 0 Å². The molecular formula is C31H48O6. The van der Waals surface area contributed by atoms with Crippen LogP contribution in [0.5, 0.6) is 0 Å². The van der Waals surface area contributed by atoms with Crippen molar-refractivity contribution in [3.8, 4) is 0 Å². The molecule has 0 fully saturated rings. The second-order valence-electron chi connectivity index (χ2n) is 10.6. The second kappa shape index (κ2) is 15.0. The van der Waals surface area contributed by atoms with Gasteiger partial charge in [-0.25, -0.2) is 0 Å². The Kier molecular flexibility index (Phi) is 12.7. The van der Waals surface area contributed by atoms with Crippen LogP contribution in [0.25, 0.3) is 0 Å². The summed E-state index contributed by atoms with van der Waals surface area (Å²) in [4.78, 5) is 0. The van der Waals surface area contributed by atoms with Crippen molar-refractivity contribution in [1.29, 1.82) is 0 Å². The van der Waals surface area contributed by atoms with Crippen LogP contribution in [0.2, 0.25) is 0 Å². The quantitative estimate of drug-likeness (QED) is 0.191. The van der Waals surface area contributed by atoms with Gasteiger partial charge in [0.2, 0.25) is 0 Å². The number of aliphatic hydroxyl groups excluding tert-OH is 4. The summed E-state index contributed by atoms with van der Waals surface area (Å²) in [5.74, 6) is 0. The maximum Gasteiger partial charge on any atom is 0.126 e.